The zero-order valence-electron chi connectivity index (χ0n) is 25.8. The van der Waals surface area contributed by atoms with Gasteiger partial charge in [0, 0.05) is 64.3 Å². The number of nitrogens with one attached hydrogen (secondary N) is 4. The van der Waals surface area contributed by atoms with Crippen LogP contribution in [-0.4, -0.2) is 56.3 Å². The average molecular weight is 623 g/mol. The topological polar surface area (TPSA) is 161 Å². The lowest BCUT2D eigenvalue weighted by Gasteiger charge is -2.20. The maximum atomic E-state index is 12.5. The largest absolute Gasteiger partial charge is 0.481 e. The molecule has 236 valence electrons. The van der Waals surface area contributed by atoms with E-state index in [1.807, 2.05) is 46.8 Å². The molecule has 4 heterocycles. The summed E-state index contributed by atoms with van der Waals surface area (Å²) in [5.41, 5.74) is 8.06. The number of carbonyl (C=O) groups excluding carboxylic acids is 2. The van der Waals surface area contributed by atoms with Gasteiger partial charge in [0.2, 0.25) is 5.91 Å². The fourth-order valence-corrected chi connectivity index (χ4v) is 6.97. The summed E-state index contributed by atoms with van der Waals surface area (Å²) in [7, 11) is 0. The molecule has 1 unspecified atom stereocenters. The smallest absolute Gasteiger partial charge is 0.303 e. The number of hydrogen-bond acceptors (Lipinski definition) is 6. The van der Waals surface area contributed by atoms with Gasteiger partial charge < -0.3 is 31.1 Å². The van der Waals surface area contributed by atoms with Crippen molar-refractivity contribution in [1.29, 1.82) is 0 Å². The Morgan fingerprint density at radius 3 is 2.20 bits per heavy atom. The van der Waals surface area contributed by atoms with Gasteiger partial charge >= 0.3 is 11.9 Å². The predicted octanol–water partition coefficient (Wildman–Crippen LogP) is 4.27. The summed E-state index contributed by atoms with van der Waals surface area (Å²) in [6.07, 6.45) is 6.45. The lowest BCUT2D eigenvalue weighted by molar-refractivity contribution is -0.138. The Kier molecular flexibility index (Phi) is 9.98. The van der Waals surface area contributed by atoms with Crippen molar-refractivity contribution in [2.24, 2.45) is 11.8 Å². The second-order valence-corrected chi connectivity index (χ2v) is 12.8. The highest BCUT2D eigenvalue weighted by Gasteiger charge is 2.38. The number of carboxylic acids is 2. The minimum Gasteiger partial charge on any atom is -0.481 e. The zero-order valence-corrected chi connectivity index (χ0v) is 26.7. The molecule has 2 amide bonds. The number of aromatic amines is 1. The molecule has 4 rings (SSSR count). The Hall–Kier alpha value is -3.99. The van der Waals surface area contributed by atoms with Gasteiger partial charge in [0.1, 0.15) is 0 Å². The van der Waals surface area contributed by atoms with Crippen molar-refractivity contribution >= 4 is 48.5 Å². The maximum Gasteiger partial charge on any atom is 0.303 e. The number of carbonyl (C=O) groups is 4. The number of thiol groups is 1. The first-order valence-corrected chi connectivity index (χ1v) is 15.4. The summed E-state index contributed by atoms with van der Waals surface area (Å²) in [5.74, 6) is -2.36. The fourth-order valence-electron chi connectivity index (χ4n) is 6.55. The van der Waals surface area contributed by atoms with Gasteiger partial charge in [-0.2, -0.15) is 12.6 Å². The number of aromatic nitrogens is 1. The Labute approximate surface area is 263 Å². The van der Waals surface area contributed by atoms with Crippen LogP contribution < -0.4 is 16.0 Å². The summed E-state index contributed by atoms with van der Waals surface area (Å²) in [5, 5.41) is 28.4. The summed E-state index contributed by atoms with van der Waals surface area (Å²) in [6, 6.07) is -0.339. The molecule has 0 spiro atoms. The van der Waals surface area contributed by atoms with Crippen LogP contribution in [0.4, 0.5) is 0 Å². The quantitative estimate of drug-likeness (QED) is 0.171. The van der Waals surface area contributed by atoms with Crippen molar-refractivity contribution in [3.05, 3.63) is 68.9 Å². The molecule has 1 saturated heterocycles. The maximum absolute atomic E-state index is 12.5. The van der Waals surface area contributed by atoms with Crippen molar-refractivity contribution in [1.82, 2.24) is 20.9 Å². The number of carboxylic acid groups (broad SMARTS) is 2. The fraction of sp³-hybridized carbons (Fsp3) is 0.455. The monoisotopic (exact) mass is 622 g/mol. The Morgan fingerprint density at radius 1 is 0.977 bits per heavy atom. The first kappa shape index (κ1) is 32.9. The van der Waals surface area contributed by atoms with E-state index >= 15 is 0 Å². The predicted molar refractivity (Wildman–Crippen MR) is 173 cm³/mol. The summed E-state index contributed by atoms with van der Waals surface area (Å²) < 4.78 is 0. The highest BCUT2D eigenvalue weighted by atomic mass is 32.1. The van der Waals surface area contributed by atoms with Crippen LogP contribution in [0.25, 0.3) is 12.2 Å². The van der Waals surface area contributed by atoms with Crippen molar-refractivity contribution in [3.8, 4) is 0 Å². The standard InChI is InChI=1S/C33H42N4O6S/c1-7-20-15(2)25(36-33(20)43)12-23-16(3)21(8-10-29(38)39)26(34-23)14-27-22(9-11-30(40)41)17(4)24(35-27)13-28-31(19(6)44)18(5)32(42)37-28/h7,13-14,18-19,23,25,31,34-35,44H,1,8-12H2,2-6H3,(H,36,43)(H,37,42)(H,38,39)(H,40,41)/b26-14-,28-13-/t18-,19-,23?,25-,31+/m1/s1. The molecule has 10 nitrogen and oxygen atoms in total. The first-order chi connectivity index (χ1) is 20.7. The van der Waals surface area contributed by atoms with Gasteiger partial charge in [-0.3, -0.25) is 19.2 Å². The average Bonchev–Trinajstić information content (AvgIpc) is 3.59. The molecule has 44 heavy (non-hydrogen) atoms. The normalized spacial score (nSPS) is 26.0. The highest BCUT2D eigenvalue weighted by Crippen LogP contribution is 2.36. The summed E-state index contributed by atoms with van der Waals surface area (Å²) in [6.45, 7) is 13.4. The molecule has 1 fully saturated rings. The van der Waals surface area contributed by atoms with Crippen LogP contribution in [0, 0.1) is 18.8 Å². The van der Waals surface area contributed by atoms with E-state index in [9.17, 15) is 29.4 Å². The van der Waals surface area contributed by atoms with Gasteiger partial charge in [-0.1, -0.05) is 26.5 Å². The van der Waals surface area contributed by atoms with E-state index in [4.69, 9.17) is 0 Å². The summed E-state index contributed by atoms with van der Waals surface area (Å²) in [4.78, 5) is 51.5. The van der Waals surface area contributed by atoms with E-state index in [0.717, 1.165) is 44.9 Å². The molecule has 0 radical (unpaired) electrons. The van der Waals surface area contributed by atoms with Gasteiger partial charge in [0.05, 0.1) is 6.04 Å². The zero-order chi connectivity index (χ0) is 32.5. The second kappa shape index (κ2) is 13.3. The van der Waals surface area contributed by atoms with E-state index in [0.29, 0.717) is 24.1 Å². The van der Waals surface area contributed by atoms with Crippen LogP contribution >= 0.6 is 12.6 Å². The van der Waals surface area contributed by atoms with Gasteiger partial charge in [-0.25, -0.2) is 0 Å². The minimum absolute atomic E-state index is 0.0493. The molecule has 1 aromatic rings. The van der Waals surface area contributed by atoms with Crippen molar-refractivity contribution < 1.29 is 29.4 Å². The molecule has 3 aliphatic rings. The third kappa shape index (κ3) is 6.72. The van der Waals surface area contributed by atoms with E-state index in [1.165, 1.54) is 0 Å². The highest BCUT2D eigenvalue weighted by molar-refractivity contribution is 7.80. The third-order valence-electron chi connectivity index (χ3n) is 9.14. The number of allylic oxidation sites excluding steroid dienone is 2. The molecule has 0 saturated carbocycles. The van der Waals surface area contributed by atoms with Crippen molar-refractivity contribution in [3.63, 3.8) is 0 Å². The van der Waals surface area contributed by atoms with Crippen LogP contribution in [-0.2, 0) is 25.6 Å². The van der Waals surface area contributed by atoms with E-state index < -0.39 is 11.9 Å². The molecule has 6 N–H and O–H groups in total. The van der Waals surface area contributed by atoms with Crippen LogP contribution in [0.3, 0.4) is 0 Å². The van der Waals surface area contributed by atoms with Gasteiger partial charge in [0.25, 0.3) is 5.91 Å². The third-order valence-corrected chi connectivity index (χ3v) is 9.46. The second-order valence-electron chi connectivity index (χ2n) is 12.0. The van der Waals surface area contributed by atoms with E-state index in [-0.39, 0.29) is 60.2 Å². The molecular formula is C33H42N4O6S. The van der Waals surface area contributed by atoms with E-state index in [2.05, 4.69) is 40.1 Å². The molecule has 0 aromatic carbocycles. The van der Waals surface area contributed by atoms with Crippen molar-refractivity contribution in [2.75, 3.05) is 0 Å². The molecule has 11 heteroatoms. The number of aliphatic carboxylic acids is 2. The summed E-state index contributed by atoms with van der Waals surface area (Å²) >= 11 is 4.62. The van der Waals surface area contributed by atoms with Gasteiger partial charge in [-0.05, 0) is 80.0 Å². The van der Waals surface area contributed by atoms with Crippen LogP contribution in [0.2, 0.25) is 0 Å². The minimum atomic E-state index is -0.914. The molecule has 3 aliphatic heterocycles. The van der Waals surface area contributed by atoms with Gasteiger partial charge in [0.15, 0.2) is 0 Å². The number of hydrogen-bond donors (Lipinski definition) is 7. The molecule has 1 aromatic heterocycles. The number of H-pyrrole nitrogens is 1. The Balaban J connectivity index is 1.75. The number of rotatable bonds is 12. The van der Waals surface area contributed by atoms with Crippen LogP contribution in [0.5, 0.6) is 0 Å². The molecule has 0 bridgehead atoms. The Morgan fingerprint density at radius 2 is 1.61 bits per heavy atom. The van der Waals surface area contributed by atoms with Crippen LogP contribution in [0.15, 0.2) is 46.3 Å². The molecule has 0 aliphatic carbocycles. The SMILES string of the molecule is C=CC1=C(C)[C@@H](CC2N/C(=C\c3[nH]c(/C=C4\NC(=O)[C@H](C)[C@H]4[C@@H](C)S)c(C)c3CCC(=O)O)C(CCC(=O)O)=C2C)NC1=O. The van der Waals surface area contributed by atoms with Gasteiger partial charge in [-0.15, -0.1) is 0 Å². The van der Waals surface area contributed by atoms with E-state index in [1.54, 1.807) is 6.08 Å². The number of amides is 2. The first-order valence-electron chi connectivity index (χ1n) is 14.9. The lowest BCUT2D eigenvalue weighted by atomic mass is 9.91. The molecular weight excluding hydrogens is 580 g/mol. The van der Waals surface area contributed by atoms with Crippen molar-refractivity contribution in [2.45, 2.75) is 84.1 Å². The molecule has 5 atom stereocenters. The Bertz CT molecular complexity index is 1530. The van der Waals surface area contributed by atoms with Crippen LogP contribution in [0.1, 0.15) is 75.9 Å². The lowest BCUT2D eigenvalue weighted by Crippen LogP contribution is -2.36.